The Bertz CT molecular complexity index is 946. The van der Waals surface area contributed by atoms with Crippen molar-refractivity contribution in [2.24, 2.45) is 5.92 Å². The summed E-state index contributed by atoms with van der Waals surface area (Å²) in [6, 6.07) is 6.56. The molecule has 1 N–H and O–H groups in total. The lowest BCUT2D eigenvalue weighted by atomic mass is 10.0. The summed E-state index contributed by atoms with van der Waals surface area (Å²) in [6.45, 7) is 0.958. The fraction of sp³-hybridized carbons (Fsp3) is 0.389. The Balaban J connectivity index is 1.74. The monoisotopic (exact) mass is 390 g/mol. The molecule has 0 amide bonds. The van der Waals surface area contributed by atoms with Gasteiger partial charge in [0.15, 0.2) is 0 Å². The number of aromatic carboxylic acids is 1. The summed E-state index contributed by atoms with van der Waals surface area (Å²) in [6.07, 6.45) is 4.67. The summed E-state index contributed by atoms with van der Waals surface area (Å²) in [7, 11) is -0.330. The van der Waals surface area contributed by atoms with E-state index in [1.54, 1.807) is 30.6 Å². The summed E-state index contributed by atoms with van der Waals surface area (Å²) in [5, 5.41) is 9.14. The molecule has 0 radical (unpaired) electrons. The molecular formula is C18H22N4O4S. The molecule has 2 heterocycles. The van der Waals surface area contributed by atoms with E-state index in [0.29, 0.717) is 30.8 Å². The van der Waals surface area contributed by atoms with Crippen LogP contribution in [0.25, 0.3) is 11.3 Å². The number of benzene rings is 1. The maximum atomic E-state index is 12.2. The van der Waals surface area contributed by atoms with Gasteiger partial charge in [0.25, 0.3) is 10.2 Å². The first-order valence-corrected chi connectivity index (χ1v) is 9.99. The maximum absolute atomic E-state index is 12.2. The number of hydrogen-bond acceptors (Lipinski definition) is 5. The number of hydrogen-bond donors (Lipinski definition) is 1. The van der Waals surface area contributed by atoms with Gasteiger partial charge in [-0.25, -0.2) is 9.78 Å². The molecule has 1 fully saturated rings. The van der Waals surface area contributed by atoms with Crippen LogP contribution in [0.2, 0.25) is 0 Å². The van der Waals surface area contributed by atoms with Crippen LogP contribution in [0.5, 0.6) is 0 Å². The van der Waals surface area contributed by atoms with E-state index < -0.39 is 16.2 Å². The van der Waals surface area contributed by atoms with Gasteiger partial charge in [0.05, 0.1) is 23.1 Å². The van der Waals surface area contributed by atoms with E-state index in [9.17, 15) is 13.2 Å². The van der Waals surface area contributed by atoms with E-state index >= 15 is 0 Å². The molecule has 8 nitrogen and oxygen atoms in total. The third kappa shape index (κ3) is 4.32. The van der Waals surface area contributed by atoms with Crippen LogP contribution in [0, 0.1) is 5.92 Å². The summed E-state index contributed by atoms with van der Waals surface area (Å²) >= 11 is 0. The minimum Gasteiger partial charge on any atom is -0.478 e. The standard InChI is InChI=1S/C18H22N4O4S/c1-21(2)27(25,26)22-7-6-13(12-22)8-16-10-19-11-17(20-16)14-4-3-5-15(9-14)18(23)24/h3-5,9-11,13H,6-8,12H2,1-2H3,(H,23,24). The first kappa shape index (κ1) is 19.4. The Morgan fingerprint density at radius 1 is 1.33 bits per heavy atom. The third-order valence-corrected chi connectivity index (χ3v) is 6.53. The van der Waals surface area contributed by atoms with E-state index in [-0.39, 0.29) is 11.5 Å². The first-order chi connectivity index (χ1) is 12.8. The molecule has 1 unspecified atom stereocenters. The lowest BCUT2D eigenvalue weighted by Gasteiger charge is -2.20. The van der Waals surface area contributed by atoms with Crippen LogP contribution < -0.4 is 0 Å². The predicted molar refractivity (Wildman–Crippen MR) is 100 cm³/mol. The van der Waals surface area contributed by atoms with Crippen molar-refractivity contribution in [3.05, 3.63) is 47.9 Å². The molecule has 0 aliphatic carbocycles. The number of rotatable bonds is 6. The Labute approximate surface area is 158 Å². The highest BCUT2D eigenvalue weighted by atomic mass is 32.2. The van der Waals surface area contributed by atoms with Gasteiger partial charge in [0.1, 0.15) is 0 Å². The molecule has 1 aromatic heterocycles. The van der Waals surface area contributed by atoms with Crippen molar-refractivity contribution < 1.29 is 18.3 Å². The molecule has 1 atom stereocenters. The van der Waals surface area contributed by atoms with Crippen molar-refractivity contribution in [2.45, 2.75) is 12.8 Å². The molecular weight excluding hydrogens is 368 g/mol. The van der Waals surface area contributed by atoms with Gasteiger partial charge < -0.3 is 5.11 Å². The fourth-order valence-corrected chi connectivity index (χ4v) is 4.35. The predicted octanol–water partition coefficient (Wildman–Crippen LogP) is 1.51. The Hall–Kier alpha value is -2.36. The van der Waals surface area contributed by atoms with Crippen LogP contribution in [0.4, 0.5) is 0 Å². The van der Waals surface area contributed by atoms with Gasteiger partial charge in [-0.2, -0.15) is 17.0 Å². The number of carboxylic acids is 1. The van der Waals surface area contributed by atoms with Crippen molar-refractivity contribution in [3.8, 4) is 11.3 Å². The van der Waals surface area contributed by atoms with Crippen molar-refractivity contribution in [1.29, 1.82) is 0 Å². The number of carbonyl (C=O) groups is 1. The minimum absolute atomic E-state index is 0.176. The molecule has 0 saturated carbocycles. The number of carboxylic acid groups (broad SMARTS) is 1. The van der Waals surface area contributed by atoms with Crippen molar-refractivity contribution in [3.63, 3.8) is 0 Å². The van der Waals surface area contributed by atoms with Crippen molar-refractivity contribution >= 4 is 16.2 Å². The Morgan fingerprint density at radius 2 is 2.11 bits per heavy atom. The molecule has 1 aliphatic rings. The van der Waals surface area contributed by atoms with Gasteiger partial charge in [-0.15, -0.1) is 0 Å². The molecule has 0 spiro atoms. The Morgan fingerprint density at radius 3 is 2.81 bits per heavy atom. The lowest BCUT2D eigenvalue weighted by molar-refractivity contribution is 0.0697. The third-order valence-electron chi connectivity index (χ3n) is 4.62. The molecule has 2 aromatic rings. The van der Waals surface area contributed by atoms with Crippen molar-refractivity contribution in [2.75, 3.05) is 27.2 Å². The average molecular weight is 390 g/mol. The zero-order valence-electron chi connectivity index (χ0n) is 15.2. The van der Waals surface area contributed by atoms with Crippen LogP contribution in [0.1, 0.15) is 22.5 Å². The zero-order valence-corrected chi connectivity index (χ0v) is 16.1. The summed E-state index contributed by atoms with van der Waals surface area (Å²) in [4.78, 5) is 20.0. The van der Waals surface area contributed by atoms with Gasteiger partial charge >= 0.3 is 5.97 Å². The van der Waals surface area contributed by atoms with Gasteiger partial charge in [-0.1, -0.05) is 12.1 Å². The molecule has 3 rings (SSSR count). The van der Waals surface area contributed by atoms with Crippen molar-refractivity contribution in [1.82, 2.24) is 18.6 Å². The second-order valence-corrected chi connectivity index (χ2v) is 8.93. The highest BCUT2D eigenvalue weighted by molar-refractivity contribution is 7.86. The molecule has 144 valence electrons. The lowest BCUT2D eigenvalue weighted by Crippen LogP contribution is -2.38. The minimum atomic E-state index is -3.39. The highest BCUT2D eigenvalue weighted by Crippen LogP contribution is 2.24. The zero-order chi connectivity index (χ0) is 19.6. The highest BCUT2D eigenvalue weighted by Gasteiger charge is 2.32. The largest absolute Gasteiger partial charge is 0.478 e. The molecule has 1 aromatic carbocycles. The normalized spacial score (nSPS) is 18.1. The van der Waals surface area contributed by atoms with E-state index in [1.165, 1.54) is 28.8 Å². The smallest absolute Gasteiger partial charge is 0.335 e. The molecule has 1 aliphatic heterocycles. The van der Waals surface area contributed by atoms with E-state index in [4.69, 9.17) is 5.11 Å². The van der Waals surface area contributed by atoms with E-state index in [2.05, 4.69) is 9.97 Å². The number of aromatic nitrogens is 2. The topological polar surface area (TPSA) is 104 Å². The second kappa shape index (κ2) is 7.71. The number of nitrogens with zero attached hydrogens (tertiary/aromatic N) is 4. The summed E-state index contributed by atoms with van der Waals surface area (Å²) in [5.41, 5.74) is 2.25. The van der Waals surface area contributed by atoms with Crippen LogP contribution in [-0.2, 0) is 16.6 Å². The van der Waals surface area contributed by atoms with E-state index in [0.717, 1.165) is 12.1 Å². The molecule has 0 bridgehead atoms. The summed E-state index contributed by atoms with van der Waals surface area (Å²) in [5.74, 6) is -0.816. The second-order valence-electron chi connectivity index (χ2n) is 6.79. The quantitative estimate of drug-likeness (QED) is 0.802. The summed E-state index contributed by atoms with van der Waals surface area (Å²) < 4.78 is 27.2. The maximum Gasteiger partial charge on any atom is 0.335 e. The van der Waals surface area contributed by atoms with Crippen LogP contribution >= 0.6 is 0 Å². The van der Waals surface area contributed by atoms with Crippen LogP contribution in [0.3, 0.4) is 0 Å². The Kier molecular flexibility index (Phi) is 5.54. The molecule has 9 heteroatoms. The van der Waals surface area contributed by atoms with Crippen LogP contribution in [0.15, 0.2) is 36.7 Å². The average Bonchev–Trinajstić information content (AvgIpc) is 3.11. The SMILES string of the molecule is CN(C)S(=O)(=O)N1CCC(Cc2cncc(-c3cccc(C(=O)O)c3)n2)C1. The van der Waals surface area contributed by atoms with Gasteiger partial charge in [0.2, 0.25) is 0 Å². The van der Waals surface area contributed by atoms with E-state index in [1.807, 2.05) is 0 Å². The first-order valence-electron chi connectivity index (χ1n) is 8.59. The molecule has 1 saturated heterocycles. The van der Waals surface area contributed by atoms with Gasteiger partial charge in [-0.3, -0.25) is 4.98 Å². The molecule has 27 heavy (non-hydrogen) atoms. The fourth-order valence-electron chi connectivity index (χ4n) is 3.16. The van der Waals surface area contributed by atoms with Gasteiger partial charge in [-0.05, 0) is 30.9 Å². The van der Waals surface area contributed by atoms with Crippen LogP contribution in [-0.4, -0.2) is 65.3 Å². The van der Waals surface area contributed by atoms with Gasteiger partial charge in [0, 0.05) is 38.9 Å².